The van der Waals surface area contributed by atoms with Crippen LogP contribution in [0.4, 0.5) is 0 Å². The van der Waals surface area contributed by atoms with Gasteiger partial charge in [-0.15, -0.1) is 11.3 Å². The van der Waals surface area contributed by atoms with Gasteiger partial charge in [0.05, 0.1) is 5.69 Å². The molecule has 0 saturated heterocycles. The summed E-state index contributed by atoms with van der Waals surface area (Å²) in [6.07, 6.45) is 5.32. The fraction of sp³-hybridized carbons (Fsp3) is 0.375. The van der Waals surface area contributed by atoms with Gasteiger partial charge in [0, 0.05) is 17.3 Å². The van der Waals surface area contributed by atoms with Gasteiger partial charge in [-0.25, -0.2) is 4.98 Å². The molecule has 3 heteroatoms. The van der Waals surface area contributed by atoms with Crippen molar-refractivity contribution >= 4 is 16.3 Å². The summed E-state index contributed by atoms with van der Waals surface area (Å²) in [7, 11) is 0. The minimum Gasteiger partial charge on any atom is -0.297 e. The van der Waals surface area contributed by atoms with Gasteiger partial charge in [0.25, 0.3) is 0 Å². The van der Waals surface area contributed by atoms with E-state index in [1.54, 1.807) is 11.3 Å². The molecule has 0 amide bonds. The Hall–Kier alpha value is -0.830. The molecule has 58 valence electrons. The molecule has 0 fully saturated rings. The molecule has 0 bridgehead atoms. The van der Waals surface area contributed by atoms with Crippen LogP contribution in [0.15, 0.2) is 12.4 Å². The van der Waals surface area contributed by atoms with E-state index in [-0.39, 0.29) is 0 Å². The molecular weight excluding hydrogens is 156 g/mol. The summed E-state index contributed by atoms with van der Waals surface area (Å²) >= 11 is 1.77. The molecule has 0 aliphatic heterocycles. The third-order valence-corrected chi connectivity index (χ3v) is 2.81. The molecule has 0 radical (unpaired) electrons. The van der Waals surface area contributed by atoms with E-state index in [2.05, 4.69) is 28.7 Å². The lowest BCUT2D eigenvalue weighted by Gasteiger charge is -1.81. The third-order valence-electron chi connectivity index (χ3n) is 1.67. The number of aryl methyl sites for hydroxylation is 2. The Kier molecular flexibility index (Phi) is 1.46. The monoisotopic (exact) mass is 166 g/mol. The fourth-order valence-corrected chi connectivity index (χ4v) is 2.07. The first-order valence-electron chi connectivity index (χ1n) is 3.73. The second kappa shape index (κ2) is 2.34. The first-order valence-corrected chi connectivity index (χ1v) is 4.55. The van der Waals surface area contributed by atoms with Gasteiger partial charge in [0.15, 0.2) is 4.96 Å². The Bertz CT molecular complexity index is 341. The highest BCUT2D eigenvalue weighted by molar-refractivity contribution is 7.17. The van der Waals surface area contributed by atoms with Crippen LogP contribution in [-0.2, 0) is 6.42 Å². The lowest BCUT2D eigenvalue weighted by molar-refractivity contribution is 1.13. The molecule has 0 saturated carbocycles. The second-order valence-electron chi connectivity index (χ2n) is 2.62. The fourth-order valence-electron chi connectivity index (χ4n) is 1.12. The standard InChI is InChI=1S/C8H10N2S/c1-3-7-5-10-4-6(2)9-8(10)11-7/h4-5H,3H2,1-2H3. The Balaban J connectivity index is 2.64. The lowest BCUT2D eigenvalue weighted by atomic mass is 10.4. The maximum Gasteiger partial charge on any atom is 0.194 e. The van der Waals surface area contributed by atoms with Crippen LogP contribution < -0.4 is 0 Å². The van der Waals surface area contributed by atoms with E-state index in [0.29, 0.717) is 0 Å². The van der Waals surface area contributed by atoms with Crippen molar-refractivity contribution in [3.8, 4) is 0 Å². The predicted molar refractivity (Wildman–Crippen MR) is 47.2 cm³/mol. The van der Waals surface area contributed by atoms with Crippen LogP contribution in [0.1, 0.15) is 17.5 Å². The van der Waals surface area contributed by atoms with Gasteiger partial charge in [-0.2, -0.15) is 0 Å². The maximum absolute atomic E-state index is 4.36. The number of aromatic nitrogens is 2. The Labute approximate surface area is 69.5 Å². The van der Waals surface area contributed by atoms with Crippen molar-refractivity contribution < 1.29 is 0 Å². The van der Waals surface area contributed by atoms with Crippen LogP contribution in [0.5, 0.6) is 0 Å². The molecule has 2 nitrogen and oxygen atoms in total. The van der Waals surface area contributed by atoms with Crippen LogP contribution in [0, 0.1) is 6.92 Å². The molecular formula is C8H10N2S. The van der Waals surface area contributed by atoms with Gasteiger partial charge in [0.1, 0.15) is 0 Å². The van der Waals surface area contributed by atoms with Gasteiger partial charge in [-0.05, 0) is 13.3 Å². The summed E-state index contributed by atoms with van der Waals surface area (Å²) in [5.41, 5.74) is 1.10. The Morgan fingerprint density at radius 2 is 2.36 bits per heavy atom. The summed E-state index contributed by atoms with van der Waals surface area (Å²) < 4.78 is 2.10. The molecule has 0 spiro atoms. The SMILES string of the molecule is CCc1cn2cc(C)nc2s1. The Morgan fingerprint density at radius 1 is 1.55 bits per heavy atom. The summed E-state index contributed by atoms with van der Waals surface area (Å²) in [6.45, 7) is 4.18. The van der Waals surface area contributed by atoms with Gasteiger partial charge in [-0.3, -0.25) is 4.40 Å². The number of hydrogen-bond donors (Lipinski definition) is 0. The molecule has 0 N–H and O–H groups in total. The Morgan fingerprint density at radius 3 is 3.00 bits per heavy atom. The van der Waals surface area contributed by atoms with E-state index in [0.717, 1.165) is 17.1 Å². The van der Waals surface area contributed by atoms with Gasteiger partial charge < -0.3 is 0 Å². The lowest BCUT2D eigenvalue weighted by Crippen LogP contribution is -1.72. The number of nitrogens with zero attached hydrogens (tertiary/aromatic N) is 2. The van der Waals surface area contributed by atoms with Crippen molar-refractivity contribution in [3.63, 3.8) is 0 Å². The van der Waals surface area contributed by atoms with Crippen molar-refractivity contribution in [2.24, 2.45) is 0 Å². The minimum absolute atomic E-state index is 1.10. The molecule has 2 rings (SSSR count). The van der Waals surface area contributed by atoms with E-state index in [1.165, 1.54) is 4.88 Å². The normalized spacial score (nSPS) is 11.1. The summed E-state index contributed by atoms with van der Waals surface area (Å²) in [5.74, 6) is 0. The molecule has 2 aromatic heterocycles. The number of rotatable bonds is 1. The first kappa shape index (κ1) is 6.85. The number of hydrogen-bond acceptors (Lipinski definition) is 2. The average Bonchev–Trinajstić information content (AvgIpc) is 2.43. The molecule has 0 atom stereocenters. The van der Waals surface area contributed by atoms with Crippen LogP contribution in [0.3, 0.4) is 0 Å². The zero-order valence-electron chi connectivity index (χ0n) is 6.66. The summed E-state index contributed by atoms with van der Waals surface area (Å²) in [5, 5.41) is 0. The van der Waals surface area contributed by atoms with Gasteiger partial charge in [-0.1, -0.05) is 6.92 Å². The number of fused-ring (bicyclic) bond motifs is 1. The van der Waals surface area contributed by atoms with Crippen LogP contribution >= 0.6 is 11.3 Å². The zero-order valence-corrected chi connectivity index (χ0v) is 7.48. The first-order chi connectivity index (χ1) is 5.29. The van der Waals surface area contributed by atoms with Gasteiger partial charge in [0.2, 0.25) is 0 Å². The third kappa shape index (κ3) is 1.05. The van der Waals surface area contributed by atoms with E-state index >= 15 is 0 Å². The van der Waals surface area contributed by atoms with Gasteiger partial charge >= 0.3 is 0 Å². The molecule has 0 aliphatic carbocycles. The van der Waals surface area contributed by atoms with E-state index in [9.17, 15) is 0 Å². The van der Waals surface area contributed by atoms with E-state index in [4.69, 9.17) is 0 Å². The van der Waals surface area contributed by atoms with Crippen molar-refractivity contribution in [2.45, 2.75) is 20.3 Å². The number of imidazole rings is 1. The smallest absolute Gasteiger partial charge is 0.194 e. The molecule has 0 aromatic carbocycles. The highest BCUT2D eigenvalue weighted by atomic mass is 32.1. The minimum atomic E-state index is 1.10. The predicted octanol–water partition coefficient (Wildman–Crippen LogP) is 2.27. The zero-order chi connectivity index (χ0) is 7.84. The highest BCUT2D eigenvalue weighted by Crippen LogP contribution is 2.17. The highest BCUT2D eigenvalue weighted by Gasteiger charge is 2.01. The largest absolute Gasteiger partial charge is 0.297 e. The number of thiazole rings is 1. The molecule has 0 unspecified atom stereocenters. The van der Waals surface area contributed by atoms with Crippen molar-refractivity contribution in [2.75, 3.05) is 0 Å². The molecule has 11 heavy (non-hydrogen) atoms. The van der Waals surface area contributed by atoms with E-state index < -0.39 is 0 Å². The average molecular weight is 166 g/mol. The molecule has 0 aliphatic rings. The summed E-state index contributed by atoms with van der Waals surface area (Å²) in [4.78, 5) is 6.87. The maximum atomic E-state index is 4.36. The van der Waals surface area contributed by atoms with Crippen molar-refractivity contribution in [3.05, 3.63) is 23.0 Å². The van der Waals surface area contributed by atoms with Crippen LogP contribution in [0.2, 0.25) is 0 Å². The quantitative estimate of drug-likeness (QED) is 0.635. The van der Waals surface area contributed by atoms with Crippen LogP contribution in [-0.4, -0.2) is 9.38 Å². The van der Waals surface area contributed by atoms with Crippen molar-refractivity contribution in [1.29, 1.82) is 0 Å². The second-order valence-corrected chi connectivity index (χ2v) is 3.72. The molecule has 2 heterocycles. The summed E-state index contributed by atoms with van der Waals surface area (Å²) in [6, 6.07) is 0. The topological polar surface area (TPSA) is 17.3 Å². The molecule has 2 aromatic rings. The van der Waals surface area contributed by atoms with E-state index in [1.807, 2.05) is 6.92 Å². The van der Waals surface area contributed by atoms with Crippen molar-refractivity contribution in [1.82, 2.24) is 9.38 Å². The van der Waals surface area contributed by atoms with Crippen LogP contribution in [0.25, 0.3) is 4.96 Å².